The van der Waals surface area contributed by atoms with E-state index in [-0.39, 0.29) is 21.5 Å². The molecule has 1 heterocycles. The molecule has 2 amide bonds. The lowest BCUT2D eigenvalue weighted by molar-refractivity contribution is 0.260. The molecule has 3 N–H and O–H groups in total. The second-order valence-electron chi connectivity index (χ2n) is 8.85. The van der Waals surface area contributed by atoms with Gasteiger partial charge in [0.05, 0.1) is 0 Å². The van der Waals surface area contributed by atoms with Crippen molar-refractivity contribution in [3.8, 4) is 0 Å². The van der Waals surface area contributed by atoms with Crippen molar-refractivity contribution in [2.24, 2.45) is 9.50 Å². The first kappa shape index (κ1) is 24.4. The zero-order chi connectivity index (χ0) is 23.0. The molecule has 0 saturated carbocycles. The van der Waals surface area contributed by atoms with Crippen LogP contribution < -0.4 is 10.5 Å². The fourth-order valence-corrected chi connectivity index (χ4v) is 5.32. The highest BCUT2D eigenvalue weighted by molar-refractivity contribution is 7.93. The van der Waals surface area contributed by atoms with Crippen LogP contribution in [0.1, 0.15) is 76.3 Å². The zero-order valence-electron chi connectivity index (χ0n) is 18.3. The number of nitrogens with one attached hydrogen (secondary N) is 1. The minimum atomic E-state index is -3.79. The Kier molecular flexibility index (Phi) is 7.10. The molecule has 30 heavy (non-hydrogen) atoms. The Morgan fingerprint density at radius 1 is 1.10 bits per heavy atom. The van der Waals surface area contributed by atoms with E-state index in [9.17, 15) is 17.8 Å². The smallest absolute Gasteiger partial charge is 0.305 e. The highest BCUT2D eigenvalue weighted by Crippen LogP contribution is 2.35. The summed E-state index contributed by atoms with van der Waals surface area (Å²) in [7, 11) is -3.79. The maximum absolute atomic E-state index is 14.4. The number of hydrogen-bond donors (Lipinski definition) is 2. The molecule has 0 radical (unpaired) electrons. The molecular formula is C21H29F2N3O2S2. The average molecular weight is 458 g/mol. The van der Waals surface area contributed by atoms with Gasteiger partial charge in [0, 0.05) is 10.6 Å². The molecular weight excluding hydrogens is 428 g/mol. The van der Waals surface area contributed by atoms with Gasteiger partial charge in [0.15, 0.2) is 19.9 Å². The summed E-state index contributed by atoms with van der Waals surface area (Å²) in [5.41, 5.74) is 1.21. The van der Waals surface area contributed by atoms with E-state index in [0.717, 1.165) is 11.3 Å². The summed E-state index contributed by atoms with van der Waals surface area (Å²) in [6.07, 6.45) is 0. The molecule has 166 valence electrons. The number of amides is 2. The number of carbonyl (C=O) groups is 1. The lowest BCUT2D eigenvalue weighted by Crippen LogP contribution is -2.19. The van der Waals surface area contributed by atoms with Crippen LogP contribution in [-0.4, -0.2) is 10.2 Å². The lowest BCUT2D eigenvalue weighted by atomic mass is 9.92. The van der Waals surface area contributed by atoms with Crippen LogP contribution in [0.3, 0.4) is 0 Å². The lowest BCUT2D eigenvalue weighted by Gasteiger charge is -2.19. The van der Waals surface area contributed by atoms with Gasteiger partial charge in [0.2, 0.25) is 0 Å². The molecule has 0 aliphatic heterocycles. The van der Waals surface area contributed by atoms with Crippen molar-refractivity contribution < 1.29 is 17.8 Å². The van der Waals surface area contributed by atoms with Crippen molar-refractivity contribution in [2.45, 2.75) is 69.9 Å². The number of halogens is 2. The third kappa shape index (κ3) is 5.44. The van der Waals surface area contributed by atoms with E-state index in [2.05, 4.69) is 9.68 Å². The molecule has 5 nitrogen and oxygen atoms in total. The number of anilines is 1. The van der Waals surface area contributed by atoms with Gasteiger partial charge < -0.3 is 5.32 Å². The molecule has 1 aromatic heterocycles. The molecule has 1 aromatic carbocycles. The number of nitrogens with zero attached hydrogens (tertiary/aromatic N) is 1. The summed E-state index contributed by atoms with van der Waals surface area (Å²) in [5.74, 6) is -1.32. The highest BCUT2D eigenvalue weighted by Gasteiger charge is 2.25. The molecule has 0 spiro atoms. The van der Waals surface area contributed by atoms with Crippen LogP contribution in [0.2, 0.25) is 0 Å². The quantitative estimate of drug-likeness (QED) is 0.549. The molecule has 0 saturated heterocycles. The fourth-order valence-electron chi connectivity index (χ4n) is 2.92. The number of hydrogen-bond acceptors (Lipinski definition) is 3. The molecule has 1 atom stereocenters. The summed E-state index contributed by atoms with van der Waals surface area (Å²) in [5, 5.41) is 8.38. The van der Waals surface area contributed by atoms with Crippen LogP contribution in [0.5, 0.6) is 0 Å². The Labute approximate surface area is 181 Å². The first-order chi connectivity index (χ1) is 13.6. The van der Waals surface area contributed by atoms with E-state index in [4.69, 9.17) is 5.14 Å². The van der Waals surface area contributed by atoms with Crippen molar-refractivity contribution in [3.05, 3.63) is 45.8 Å². The van der Waals surface area contributed by atoms with Gasteiger partial charge in [-0.1, -0.05) is 48.5 Å². The summed E-state index contributed by atoms with van der Waals surface area (Å²) < 4.78 is 44.7. The third-order valence-corrected chi connectivity index (χ3v) is 7.98. The van der Waals surface area contributed by atoms with Gasteiger partial charge in [-0.2, -0.15) is 0 Å². The average Bonchev–Trinajstić information content (AvgIpc) is 2.98. The second kappa shape index (κ2) is 8.72. The molecule has 0 aliphatic carbocycles. The number of benzene rings is 1. The van der Waals surface area contributed by atoms with Gasteiger partial charge >= 0.3 is 6.03 Å². The summed E-state index contributed by atoms with van der Waals surface area (Å²) in [6.45, 7) is 13.1. The first-order valence-electron chi connectivity index (χ1n) is 9.62. The molecule has 2 rings (SSSR count). The standard InChI is InChI=1S/C21H29F2N3O2S2/c1-11(2)14-8-13(22)9-15(12(3)4)18(14)25-20(27)26-30(24,28)19-16(23)10-17(29-19)21(5,6)7/h8-12H,1-7H3,(H3,24,25,26,27,28). The molecule has 0 aliphatic rings. The minimum Gasteiger partial charge on any atom is -0.305 e. The highest BCUT2D eigenvalue weighted by atomic mass is 32.2. The van der Waals surface area contributed by atoms with Crippen LogP contribution in [0, 0.1) is 11.6 Å². The van der Waals surface area contributed by atoms with Crippen LogP contribution >= 0.6 is 11.3 Å². The van der Waals surface area contributed by atoms with Gasteiger partial charge in [-0.05, 0) is 46.6 Å². The Bertz CT molecular complexity index is 1050. The molecule has 2 aromatic rings. The maximum Gasteiger partial charge on any atom is 0.354 e. The predicted octanol–water partition coefficient (Wildman–Crippen LogP) is 6.50. The monoisotopic (exact) mass is 457 g/mol. The Hall–Kier alpha value is -1.84. The predicted molar refractivity (Wildman–Crippen MR) is 120 cm³/mol. The van der Waals surface area contributed by atoms with Gasteiger partial charge in [-0.15, -0.1) is 15.7 Å². The van der Waals surface area contributed by atoms with Crippen LogP contribution in [0.25, 0.3) is 0 Å². The van der Waals surface area contributed by atoms with E-state index in [1.165, 1.54) is 18.2 Å². The third-order valence-electron chi connectivity index (χ3n) is 4.52. The minimum absolute atomic E-state index is 0.0835. The van der Waals surface area contributed by atoms with Gasteiger partial charge in [0.25, 0.3) is 0 Å². The Morgan fingerprint density at radius 3 is 2.00 bits per heavy atom. The van der Waals surface area contributed by atoms with E-state index in [1.807, 2.05) is 48.5 Å². The number of rotatable bonds is 4. The molecule has 1 unspecified atom stereocenters. The Balaban J connectivity index is 2.50. The number of nitrogens with two attached hydrogens (primary N) is 1. The van der Waals surface area contributed by atoms with E-state index in [0.29, 0.717) is 21.7 Å². The van der Waals surface area contributed by atoms with Gasteiger partial charge in [0.1, 0.15) is 5.82 Å². The topological polar surface area (TPSA) is 84.6 Å². The van der Waals surface area contributed by atoms with E-state index < -0.39 is 27.6 Å². The summed E-state index contributed by atoms with van der Waals surface area (Å²) >= 11 is 0.941. The van der Waals surface area contributed by atoms with Crippen molar-refractivity contribution in [1.29, 1.82) is 0 Å². The van der Waals surface area contributed by atoms with E-state index in [1.54, 1.807) is 0 Å². The zero-order valence-corrected chi connectivity index (χ0v) is 19.9. The summed E-state index contributed by atoms with van der Waals surface area (Å²) in [6, 6.07) is 3.00. The van der Waals surface area contributed by atoms with Gasteiger partial charge in [-0.25, -0.2) is 22.9 Å². The number of carbonyl (C=O) groups excluding carboxylic acids is 1. The van der Waals surface area contributed by atoms with Crippen molar-refractivity contribution >= 4 is 33.0 Å². The molecule has 9 heteroatoms. The second-order valence-corrected chi connectivity index (χ2v) is 11.9. The van der Waals surface area contributed by atoms with Crippen LogP contribution in [0.15, 0.2) is 26.8 Å². The largest absolute Gasteiger partial charge is 0.354 e. The SMILES string of the molecule is CC(C)c1cc(F)cc(C(C)C)c1NC(=O)N=S(N)(=O)c1sc(C(C)(C)C)cc1F. The van der Waals surface area contributed by atoms with Crippen molar-refractivity contribution in [2.75, 3.05) is 5.32 Å². The first-order valence-corrected chi connectivity index (χ1v) is 12.0. The molecule has 0 bridgehead atoms. The summed E-state index contributed by atoms with van der Waals surface area (Å²) in [4.78, 5) is 13.2. The van der Waals surface area contributed by atoms with Gasteiger partial charge in [-0.3, -0.25) is 0 Å². The van der Waals surface area contributed by atoms with E-state index >= 15 is 0 Å². The Morgan fingerprint density at radius 2 is 1.60 bits per heavy atom. The van der Waals surface area contributed by atoms with Crippen LogP contribution in [0.4, 0.5) is 19.3 Å². The van der Waals surface area contributed by atoms with Crippen LogP contribution in [-0.2, 0) is 15.3 Å². The number of urea groups is 1. The fraction of sp³-hybridized carbons (Fsp3) is 0.476. The van der Waals surface area contributed by atoms with Crippen molar-refractivity contribution in [3.63, 3.8) is 0 Å². The molecule has 0 fully saturated rings. The number of thiophene rings is 1. The maximum atomic E-state index is 14.4. The van der Waals surface area contributed by atoms with Crippen molar-refractivity contribution in [1.82, 2.24) is 0 Å². The normalized spacial score (nSPS) is 14.1.